The highest BCUT2D eigenvalue weighted by Gasteiger charge is 2.21. The van der Waals surface area contributed by atoms with Crippen molar-refractivity contribution in [1.82, 2.24) is 0 Å². The molecule has 1 heterocycles. The van der Waals surface area contributed by atoms with Crippen LogP contribution < -0.4 is 0 Å². The third-order valence-electron chi connectivity index (χ3n) is 2.83. The zero-order valence-corrected chi connectivity index (χ0v) is 11.1. The van der Waals surface area contributed by atoms with E-state index in [2.05, 4.69) is 31.2 Å². The van der Waals surface area contributed by atoms with E-state index in [4.69, 9.17) is 16.3 Å². The van der Waals surface area contributed by atoms with Crippen molar-refractivity contribution in [2.24, 2.45) is 0 Å². The van der Waals surface area contributed by atoms with Gasteiger partial charge in [-0.15, -0.1) is 23.4 Å². The molecule has 1 saturated heterocycles. The Morgan fingerprint density at radius 2 is 2.06 bits per heavy atom. The molecule has 0 aliphatic carbocycles. The van der Waals surface area contributed by atoms with Crippen molar-refractivity contribution in [3.63, 3.8) is 0 Å². The van der Waals surface area contributed by atoms with Gasteiger partial charge < -0.3 is 4.74 Å². The molecule has 0 bridgehead atoms. The van der Waals surface area contributed by atoms with E-state index in [1.54, 1.807) is 0 Å². The number of hydrogen-bond acceptors (Lipinski definition) is 2. The highest BCUT2D eigenvalue weighted by Crippen LogP contribution is 2.26. The molecule has 1 nitrogen and oxygen atoms in total. The van der Waals surface area contributed by atoms with E-state index in [0.717, 1.165) is 5.75 Å². The first-order chi connectivity index (χ1) is 7.78. The largest absolute Gasteiger partial charge is 0.374 e. The SMILES string of the molecule is CC1CCC(CSc2ccc(CCl)cc2)O1. The Labute approximate surface area is 107 Å². The van der Waals surface area contributed by atoms with Crippen molar-refractivity contribution in [2.75, 3.05) is 5.75 Å². The molecule has 0 N–H and O–H groups in total. The van der Waals surface area contributed by atoms with Crippen LogP contribution in [0.2, 0.25) is 0 Å². The molecule has 2 atom stereocenters. The molecule has 0 amide bonds. The first-order valence-electron chi connectivity index (χ1n) is 5.71. The molecular formula is C13H17ClOS. The van der Waals surface area contributed by atoms with Crippen molar-refractivity contribution in [3.05, 3.63) is 29.8 Å². The minimum Gasteiger partial charge on any atom is -0.374 e. The summed E-state index contributed by atoms with van der Waals surface area (Å²) in [4.78, 5) is 1.30. The third kappa shape index (κ3) is 3.41. The molecule has 0 radical (unpaired) electrons. The molecule has 0 aromatic heterocycles. The summed E-state index contributed by atoms with van der Waals surface area (Å²) in [6.07, 6.45) is 3.29. The first-order valence-corrected chi connectivity index (χ1v) is 7.23. The van der Waals surface area contributed by atoms with E-state index in [1.165, 1.54) is 23.3 Å². The fourth-order valence-electron chi connectivity index (χ4n) is 1.87. The van der Waals surface area contributed by atoms with Gasteiger partial charge in [-0.05, 0) is 37.5 Å². The van der Waals surface area contributed by atoms with Crippen LogP contribution in [-0.2, 0) is 10.6 Å². The standard InChI is InChI=1S/C13H17ClOS/c1-10-2-5-12(15-10)9-16-13-6-3-11(8-14)4-7-13/h3-4,6-7,10,12H,2,5,8-9H2,1H3. The Hall–Kier alpha value is -0.180. The molecule has 1 aliphatic heterocycles. The second kappa shape index (κ2) is 5.95. The maximum absolute atomic E-state index is 5.79. The first kappa shape index (κ1) is 12.3. The van der Waals surface area contributed by atoms with E-state index >= 15 is 0 Å². The lowest BCUT2D eigenvalue weighted by atomic mass is 10.2. The van der Waals surface area contributed by atoms with Gasteiger partial charge in [0.25, 0.3) is 0 Å². The minimum atomic E-state index is 0.438. The average Bonchev–Trinajstić information content (AvgIpc) is 2.73. The molecule has 1 aromatic carbocycles. The molecule has 88 valence electrons. The normalized spacial score (nSPS) is 24.9. The van der Waals surface area contributed by atoms with Crippen LogP contribution >= 0.6 is 23.4 Å². The Balaban J connectivity index is 1.80. The molecule has 16 heavy (non-hydrogen) atoms. The second-order valence-electron chi connectivity index (χ2n) is 4.23. The number of ether oxygens (including phenoxy) is 1. The molecule has 1 aromatic rings. The summed E-state index contributed by atoms with van der Waals surface area (Å²) in [6.45, 7) is 2.15. The van der Waals surface area contributed by atoms with Crippen LogP contribution in [0, 0.1) is 0 Å². The summed E-state index contributed by atoms with van der Waals surface area (Å²) in [5.41, 5.74) is 1.18. The van der Waals surface area contributed by atoms with Crippen LogP contribution in [-0.4, -0.2) is 18.0 Å². The van der Waals surface area contributed by atoms with Crippen LogP contribution in [0.1, 0.15) is 25.3 Å². The summed E-state index contributed by atoms with van der Waals surface area (Å²) in [5, 5.41) is 0. The minimum absolute atomic E-state index is 0.438. The van der Waals surface area contributed by atoms with Crippen molar-refractivity contribution in [3.8, 4) is 0 Å². The summed E-state index contributed by atoms with van der Waals surface area (Å²) >= 11 is 7.62. The average molecular weight is 257 g/mol. The van der Waals surface area contributed by atoms with Crippen LogP contribution in [0.3, 0.4) is 0 Å². The number of hydrogen-bond donors (Lipinski definition) is 0. The molecule has 1 aliphatic rings. The zero-order valence-electron chi connectivity index (χ0n) is 9.49. The van der Waals surface area contributed by atoms with E-state index in [-0.39, 0.29) is 0 Å². The molecular weight excluding hydrogens is 240 g/mol. The lowest BCUT2D eigenvalue weighted by Crippen LogP contribution is -2.10. The maximum Gasteiger partial charge on any atom is 0.0673 e. The predicted octanol–water partition coefficient (Wildman–Crippen LogP) is 4.09. The van der Waals surface area contributed by atoms with Crippen LogP contribution in [0.5, 0.6) is 0 Å². The molecule has 1 fully saturated rings. The number of alkyl halides is 1. The summed E-state index contributed by atoms with van der Waals surface area (Å²) < 4.78 is 5.79. The Morgan fingerprint density at radius 3 is 2.62 bits per heavy atom. The van der Waals surface area contributed by atoms with Gasteiger partial charge >= 0.3 is 0 Å². The van der Waals surface area contributed by atoms with Gasteiger partial charge in [-0.1, -0.05) is 12.1 Å². The van der Waals surface area contributed by atoms with Crippen LogP contribution in [0.15, 0.2) is 29.2 Å². The molecule has 3 heteroatoms. The van der Waals surface area contributed by atoms with E-state index in [1.807, 2.05) is 11.8 Å². The lowest BCUT2D eigenvalue weighted by Gasteiger charge is -2.10. The molecule has 2 unspecified atom stereocenters. The van der Waals surface area contributed by atoms with Crippen LogP contribution in [0.25, 0.3) is 0 Å². The van der Waals surface area contributed by atoms with Crippen molar-refractivity contribution in [1.29, 1.82) is 0 Å². The highest BCUT2D eigenvalue weighted by atomic mass is 35.5. The number of halogens is 1. The molecule has 0 spiro atoms. The van der Waals surface area contributed by atoms with Gasteiger partial charge in [0.2, 0.25) is 0 Å². The van der Waals surface area contributed by atoms with Gasteiger partial charge in [0, 0.05) is 16.5 Å². The number of thioether (sulfide) groups is 1. The second-order valence-corrected chi connectivity index (χ2v) is 5.60. The molecule has 0 saturated carbocycles. The highest BCUT2D eigenvalue weighted by molar-refractivity contribution is 7.99. The topological polar surface area (TPSA) is 9.23 Å². The molecule has 2 rings (SSSR count). The summed E-state index contributed by atoms with van der Waals surface area (Å²) in [5.74, 6) is 1.65. The van der Waals surface area contributed by atoms with Gasteiger partial charge in [-0.25, -0.2) is 0 Å². The van der Waals surface area contributed by atoms with E-state index in [0.29, 0.717) is 18.1 Å². The van der Waals surface area contributed by atoms with E-state index < -0.39 is 0 Å². The Kier molecular flexibility index (Phi) is 4.56. The van der Waals surface area contributed by atoms with Crippen molar-refractivity contribution < 1.29 is 4.74 Å². The van der Waals surface area contributed by atoms with Gasteiger partial charge in [-0.3, -0.25) is 0 Å². The lowest BCUT2D eigenvalue weighted by molar-refractivity contribution is 0.0700. The fraction of sp³-hybridized carbons (Fsp3) is 0.538. The fourth-order valence-corrected chi connectivity index (χ4v) is 3.00. The predicted molar refractivity (Wildman–Crippen MR) is 70.3 cm³/mol. The van der Waals surface area contributed by atoms with Gasteiger partial charge in [0.15, 0.2) is 0 Å². The summed E-state index contributed by atoms with van der Waals surface area (Å²) in [7, 11) is 0. The maximum atomic E-state index is 5.79. The van der Waals surface area contributed by atoms with Gasteiger partial charge in [0.05, 0.1) is 12.2 Å². The quantitative estimate of drug-likeness (QED) is 0.593. The van der Waals surface area contributed by atoms with Gasteiger partial charge in [-0.2, -0.15) is 0 Å². The zero-order chi connectivity index (χ0) is 11.4. The number of benzene rings is 1. The smallest absolute Gasteiger partial charge is 0.0673 e. The van der Waals surface area contributed by atoms with Crippen molar-refractivity contribution >= 4 is 23.4 Å². The van der Waals surface area contributed by atoms with Crippen molar-refractivity contribution in [2.45, 2.75) is 42.7 Å². The van der Waals surface area contributed by atoms with Gasteiger partial charge in [0.1, 0.15) is 0 Å². The van der Waals surface area contributed by atoms with E-state index in [9.17, 15) is 0 Å². The Morgan fingerprint density at radius 1 is 1.31 bits per heavy atom. The van der Waals surface area contributed by atoms with Crippen LogP contribution in [0.4, 0.5) is 0 Å². The monoisotopic (exact) mass is 256 g/mol. The third-order valence-corrected chi connectivity index (χ3v) is 4.29. The number of rotatable bonds is 4. The Bertz CT molecular complexity index is 325. The summed E-state index contributed by atoms with van der Waals surface area (Å²) in [6, 6.07) is 8.46.